The summed E-state index contributed by atoms with van der Waals surface area (Å²) < 4.78 is 0. The van der Waals surface area contributed by atoms with Gasteiger partial charge in [-0.25, -0.2) is 0 Å². The van der Waals surface area contributed by atoms with Crippen molar-refractivity contribution in [2.24, 2.45) is 5.92 Å². The Morgan fingerprint density at radius 2 is 2.12 bits per heavy atom. The number of rotatable bonds is 7. The molecule has 0 aliphatic carbocycles. The van der Waals surface area contributed by atoms with Crippen LogP contribution in [0, 0.1) is 5.92 Å². The predicted molar refractivity (Wildman–Crippen MR) is 79.8 cm³/mol. The molecule has 2 unspecified atom stereocenters. The van der Waals surface area contributed by atoms with Crippen LogP contribution in [0.2, 0.25) is 0 Å². The standard InChI is InChI=1S/C15H25NS/c1-5-7-13-8-6-9-14(10-13)15(16-3)12(2)11-17-4/h6,8-10,12,15-16H,5,7,11H2,1-4H3. The first-order valence-corrected chi connectivity index (χ1v) is 7.87. The molecule has 1 N–H and O–H groups in total. The highest BCUT2D eigenvalue weighted by Gasteiger charge is 2.16. The van der Waals surface area contributed by atoms with Crippen LogP contribution in [-0.2, 0) is 6.42 Å². The van der Waals surface area contributed by atoms with Crippen LogP contribution in [0.4, 0.5) is 0 Å². The van der Waals surface area contributed by atoms with Crippen molar-refractivity contribution >= 4 is 11.8 Å². The number of hydrogen-bond donors (Lipinski definition) is 1. The molecule has 0 spiro atoms. The highest BCUT2D eigenvalue weighted by atomic mass is 32.2. The fraction of sp³-hybridized carbons (Fsp3) is 0.600. The minimum Gasteiger partial charge on any atom is -0.313 e. The molecular formula is C15H25NS. The fourth-order valence-corrected chi connectivity index (χ4v) is 3.09. The van der Waals surface area contributed by atoms with Gasteiger partial charge in [0.2, 0.25) is 0 Å². The smallest absolute Gasteiger partial charge is 0.0351 e. The summed E-state index contributed by atoms with van der Waals surface area (Å²) in [5.74, 6) is 1.86. The third-order valence-corrected chi connectivity index (χ3v) is 4.02. The average molecular weight is 251 g/mol. The van der Waals surface area contributed by atoms with E-state index in [9.17, 15) is 0 Å². The third kappa shape index (κ3) is 4.36. The zero-order chi connectivity index (χ0) is 12.7. The van der Waals surface area contributed by atoms with Gasteiger partial charge in [-0.05, 0) is 42.5 Å². The third-order valence-electron chi connectivity index (χ3n) is 3.16. The van der Waals surface area contributed by atoms with E-state index in [-0.39, 0.29) is 0 Å². The number of benzene rings is 1. The van der Waals surface area contributed by atoms with E-state index in [1.54, 1.807) is 0 Å². The van der Waals surface area contributed by atoms with Crippen molar-refractivity contribution in [3.63, 3.8) is 0 Å². The van der Waals surface area contributed by atoms with Crippen molar-refractivity contribution in [1.29, 1.82) is 0 Å². The molecule has 0 heterocycles. The molecule has 0 aromatic heterocycles. The number of thioether (sulfide) groups is 1. The zero-order valence-corrected chi connectivity index (χ0v) is 12.3. The Morgan fingerprint density at radius 1 is 1.35 bits per heavy atom. The maximum atomic E-state index is 3.46. The Balaban J connectivity index is 2.83. The molecule has 1 rings (SSSR count). The van der Waals surface area contributed by atoms with Gasteiger partial charge >= 0.3 is 0 Å². The lowest BCUT2D eigenvalue weighted by Crippen LogP contribution is -2.25. The molecule has 0 saturated heterocycles. The molecule has 0 amide bonds. The number of hydrogen-bond acceptors (Lipinski definition) is 2. The lowest BCUT2D eigenvalue weighted by molar-refractivity contribution is 0.449. The van der Waals surface area contributed by atoms with Gasteiger partial charge in [0.15, 0.2) is 0 Å². The molecule has 0 aliphatic rings. The first kappa shape index (κ1) is 14.6. The lowest BCUT2D eigenvalue weighted by atomic mass is 9.94. The molecule has 0 saturated carbocycles. The van der Waals surface area contributed by atoms with Crippen LogP contribution in [0.3, 0.4) is 0 Å². The van der Waals surface area contributed by atoms with Crippen LogP contribution in [0.1, 0.15) is 37.4 Å². The average Bonchev–Trinajstić information content (AvgIpc) is 2.31. The van der Waals surface area contributed by atoms with E-state index in [1.165, 1.54) is 29.7 Å². The number of nitrogens with one attached hydrogen (secondary N) is 1. The van der Waals surface area contributed by atoms with Crippen LogP contribution in [0.15, 0.2) is 24.3 Å². The Morgan fingerprint density at radius 3 is 2.71 bits per heavy atom. The molecule has 0 fully saturated rings. The minimum atomic E-state index is 0.472. The molecule has 1 nitrogen and oxygen atoms in total. The van der Waals surface area contributed by atoms with Crippen LogP contribution in [0.5, 0.6) is 0 Å². The molecule has 0 bridgehead atoms. The molecule has 2 heteroatoms. The monoisotopic (exact) mass is 251 g/mol. The van der Waals surface area contributed by atoms with Gasteiger partial charge in [-0.1, -0.05) is 44.5 Å². The highest BCUT2D eigenvalue weighted by molar-refractivity contribution is 7.98. The molecule has 0 radical (unpaired) electrons. The molecule has 96 valence electrons. The van der Waals surface area contributed by atoms with E-state index >= 15 is 0 Å². The van der Waals surface area contributed by atoms with E-state index in [0.717, 1.165) is 0 Å². The van der Waals surface area contributed by atoms with Gasteiger partial charge in [-0.15, -0.1) is 0 Å². The molecule has 2 atom stereocenters. The largest absolute Gasteiger partial charge is 0.313 e. The van der Waals surface area contributed by atoms with Crippen LogP contribution < -0.4 is 5.32 Å². The van der Waals surface area contributed by atoms with Crippen molar-refractivity contribution in [3.05, 3.63) is 35.4 Å². The summed E-state index contributed by atoms with van der Waals surface area (Å²) in [6, 6.07) is 9.51. The van der Waals surface area contributed by atoms with E-state index in [2.05, 4.69) is 56.7 Å². The lowest BCUT2D eigenvalue weighted by Gasteiger charge is -2.24. The topological polar surface area (TPSA) is 12.0 Å². The van der Waals surface area contributed by atoms with Crippen LogP contribution in [0.25, 0.3) is 0 Å². The summed E-state index contributed by atoms with van der Waals surface area (Å²) in [5, 5.41) is 3.46. The van der Waals surface area contributed by atoms with E-state index in [0.29, 0.717) is 12.0 Å². The summed E-state index contributed by atoms with van der Waals surface area (Å²) in [5.41, 5.74) is 2.89. The number of aryl methyl sites for hydroxylation is 1. The molecular weight excluding hydrogens is 226 g/mol. The van der Waals surface area contributed by atoms with Gasteiger partial charge in [0.05, 0.1) is 0 Å². The normalized spacial score (nSPS) is 14.6. The first-order valence-electron chi connectivity index (χ1n) is 6.48. The minimum absolute atomic E-state index is 0.472. The maximum absolute atomic E-state index is 3.46. The summed E-state index contributed by atoms with van der Waals surface area (Å²) in [7, 11) is 2.06. The summed E-state index contributed by atoms with van der Waals surface area (Å²) >= 11 is 1.92. The van der Waals surface area contributed by atoms with Gasteiger partial charge in [-0.3, -0.25) is 0 Å². The Labute approximate surface area is 110 Å². The maximum Gasteiger partial charge on any atom is 0.0351 e. The van der Waals surface area contributed by atoms with E-state index < -0.39 is 0 Å². The molecule has 17 heavy (non-hydrogen) atoms. The van der Waals surface area contributed by atoms with Gasteiger partial charge < -0.3 is 5.32 Å². The van der Waals surface area contributed by atoms with Gasteiger partial charge in [0, 0.05) is 6.04 Å². The Hall–Kier alpha value is -0.470. The summed E-state index contributed by atoms with van der Waals surface area (Å²) in [6.45, 7) is 4.56. The summed E-state index contributed by atoms with van der Waals surface area (Å²) in [6.07, 6.45) is 4.58. The summed E-state index contributed by atoms with van der Waals surface area (Å²) in [4.78, 5) is 0. The van der Waals surface area contributed by atoms with Gasteiger partial charge in [0.1, 0.15) is 0 Å². The highest BCUT2D eigenvalue weighted by Crippen LogP contribution is 2.25. The quantitative estimate of drug-likeness (QED) is 0.789. The van der Waals surface area contributed by atoms with E-state index in [1.807, 2.05) is 11.8 Å². The second-order valence-corrected chi connectivity index (χ2v) is 5.60. The zero-order valence-electron chi connectivity index (χ0n) is 11.5. The predicted octanol–water partition coefficient (Wildman–Crippen LogP) is 3.90. The Kier molecular flexibility index (Phi) is 6.68. The van der Waals surface area contributed by atoms with E-state index in [4.69, 9.17) is 0 Å². The molecule has 0 aliphatic heterocycles. The van der Waals surface area contributed by atoms with Crippen molar-refractivity contribution in [3.8, 4) is 0 Å². The Bertz CT molecular complexity index is 324. The molecule has 1 aromatic rings. The second-order valence-electron chi connectivity index (χ2n) is 4.69. The fourth-order valence-electron chi connectivity index (χ4n) is 2.37. The molecule has 1 aromatic carbocycles. The van der Waals surface area contributed by atoms with Gasteiger partial charge in [-0.2, -0.15) is 11.8 Å². The van der Waals surface area contributed by atoms with Gasteiger partial charge in [0.25, 0.3) is 0 Å². The van der Waals surface area contributed by atoms with Crippen molar-refractivity contribution in [2.45, 2.75) is 32.7 Å². The van der Waals surface area contributed by atoms with Crippen molar-refractivity contribution in [1.82, 2.24) is 5.32 Å². The second kappa shape index (κ2) is 7.78. The SMILES string of the molecule is CCCc1cccc(C(NC)C(C)CSC)c1. The van der Waals surface area contributed by atoms with Crippen LogP contribution >= 0.6 is 11.8 Å². The van der Waals surface area contributed by atoms with Crippen molar-refractivity contribution in [2.75, 3.05) is 19.1 Å². The van der Waals surface area contributed by atoms with Crippen molar-refractivity contribution < 1.29 is 0 Å². The first-order chi connectivity index (χ1) is 8.22. The van der Waals surface area contributed by atoms with Crippen LogP contribution in [-0.4, -0.2) is 19.1 Å².